The van der Waals surface area contributed by atoms with Gasteiger partial charge in [-0.25, -0.2) is 0 Å². The highest BCUT2D eigenvalue weighted by molar-refractivity contribution is 6.12. The van der Waals surface area contributed by atoms with Gasteiger partial charge in [-0.1, -0.05) is 133 Å². The van der Waals surface area contributed by atoms with Crippen molar-refractivity contribution in [2.24, 2.45) is 0 Å². The van der Waals surface area contributed by atoms with Crippen LogP contribution in [0.2, 0.25) is 0 Å². The van der Waals surface area contributed by atoms with E-state index in [4.69, 9.17) is 0 Å². The fourth-order valence-corrected chi connectivity index (χ4v) is 7.98. The Morgan fingerprint density at radius 1 is 0.275 bits per heavy atom. The van der Waals surface area contributed by atoms with E-state index in [0.29, 0.717) is 0 Å². The zero-order valence-corrected chi connectivity index (χ0v) is 28.3. The molecule has 10 aromatic rings. The Hall–Kier alpha value is -6.64. The molecule has 0 aliphatic rings. The lowest BCUT2D eigenvalue weighted by Crippen LogP contribution is -1.96. The van der Waals surface area contributed by atoms with Crippen molar-refractivity contribution in [3.05, 3.63) is 194 Å². The second kappa shape index (κ2) is 11.8. The highest BCUT2D eigenvalue weighted by Gasteiger charge is 2.17. The smallest absolute Gasteiger partial charge is 0.0547 e. The molecule has 0 radical (unpaired) electrons. The van der Waals surface area contributed by atoms with Crippen LogP contribution in [-0.2, 0) is 0 Å². The molecule has 8 aromatic carbocycles. The van der Waals surface area contributed by atoms with Gasteiger partial charge in [-0.05, 0) is 100 Å². The summed E-state index contributed by atoms with van der Waals surface area (Å²) >= 11 is 0. The number of nitrogens with zero attached hydrogens (tertiary/aromatic N) is 2. The van der Waals surface area contributed by atoms with Crippen molar-refractivity contribution in [2.45, 2.75) is 6.92 Å². The number of rotatable bonds is 5. The molecule has 0 N–H and O–H groups in total. The molecule has 0 aliphatic heterocycles. The third-order valence-corrected chi connectivity index (χ3v) is 10.3. The van der Waals surface area contributed by atoms with Gasteiger partial charge in [0.15, 0.2) is 0 Å². The Labute approximate surface area is 297 Å². The minimum atomic E-state index is 1.17. The molecule has 0 saturated carbocycles. The van der Waals surface area contributed by atoms with E-state index in [0.717, 1.165) is 0 Å². The van der Waals surface area contributed by atoms with Crippen LogP contribution in [-0.4, -0.2) is 9.13 Å². The number of benzene rings is 8. The van der Waals surface area contributed by atoms with E-state index in [1.165, 1.54) is 93.9 Å². The maximum Gasteiger partial charge on any atom is 0.0547 e. The van der Waals surface area contributed by atoms with Crippen LogP contribution in [0.25, 0.3) is 88.4 Å². The van der Waals surface area contributed by atoms with Crippen LogP contribution in [0.5, 0.6) is 0 Å². The number of hydrogen-bond donors (Lipinski definition) is 0. The lowest BCUT2D eigenvalue weighted by molar-refractivity contribution is 1.17. The van der Waals surface area contributed by atoms with Crippen molar-refractivity contribution in [1.82, 2.24) is 9.13 Å². The monoisotopic (exact) mass is 650 g/mol. The first-order valence-corrected chi connectivity index (χ1v) is 17.6. The molecule has 0 saturated heterocycles. The average Bonchev–Trinajstić information content (AvgIpc) is 3.70. The molecule has 0 amide bonds. The van der Waals surface area contributed by atoms with Gasteiger partial charge in [0.05, 0.1) is 22.1 Å². The SMILES string of the molecule is Cc1cc(-c2ccc(-c3ccccc3)cc2)cc(-n2c3ccccc3c3ccc(-c4ccc5c(c4)c4ccccc4n5-c4ccccc4)cc32)c1. The molecule has 2 nitrogen and oxygen atoms in total. The van der Waals surface area contributed by atoms with Crippen LogP contribution < -0.4 is 0 Å². The van der Waals surface area contributed by atoms with Crippen LogP contribution in [0.15, 0.2) is 188 Å². The molecule has 0 spiro atoms. The fourth-order valence-electron chi connectivity index (χ4n) is 7.98. The number of aryl methyl sites for hydroxylation is 1. The Bertz CT molecular complexity index is 2890. The second-order valence-corrected chi connectivity index (χ2v) is 13.5. The molecular formula is C49H34N2. The number of aromatic nitrogens is 2. The van der Waals surface area contributed by atoms with Gasteiger partial charge < -0.3 is 9.13 Å². The molecule has 0 unspecified atom stereocenters. The van der Waals surface area contributed by atoms with Gasteiger partial charge in [-0.3, -0.25) is 0 Å². The maximum absolute atomic E-state index is 2.45. The summed E-state index contributed by atoms with van der Waals surface area (Å²) in [5, 5.41) is 5.04. The number of fused-ring (bicyclic) bond motifs is 6. The van der Waals surface area contributed by atoms with E-state index < -0.39 is 0 Å². The first-order valence-electron chi connectivity index (χ1n) is 17.6. The largest absolute Gasteiger partial charge is 0.309 e. The second-order valence-electron chi connectivity index (χ2n) is 13.5. The first kappa shape index (κ1) is 29.3. The van der Waals surface area contributed by atoms with Gasteiger partial charge in [-0.2, -0.15) is 0 Å². The summed E-state index contributed by atoms with van der Waals surface area (Å²) in [6.07, 6.45) is 0. The van der Waals surface area contributed by atoms with Crippen molar-refractivity contribution < 1.29 is 0 Å². The molecule has 2 heteroatoms. The highest BCUT2D eigenvalue weighted by atomic mass is 15.0. The third kappa shape index (κ3) is 4.87. The van der Waals surface area contributed by atoms with E-state index in [-0.39, 0.29) is 0 Å². The lowest BCUT2D eigenvalue weighted by atomic mass is 9.98. The number of hydrogen-bond acceptors (Lipinski definition) is 0. The van der Waals surface area contributed by atoms with E-state index in [2.05, 4.69) is 204 Å². The minimum absolute atomic E-state index is 1.17. The van der Waals surface area contributed by atoms with Crippen LogP contribution in [0.3, 0.4) is 0 Å². The standard InChI is InChI=1S/C49H34N2/c1-33-28-39(36-22-20-35(21-23-36)34-12-4-2-5-13-34)30-41(29-33)51-46-18-10-8-16-42(46)44-26-24-38(32-49(44)51)37-25-27-48-45(31-37)43-17-9-11-19-47(43)50(48)40-14-6-3-7-15-40/h2-32H,1H3. The molecule has 0 atom stereocenters. The van der Waals surface area contributed by atoms with E-state index in [9.17, 15) is 0 Å². The van der Waals surface area contributed by atoms with Gasteiger partial charge in [0, 0.05) is 32.9 Å². The quantitative estimate of drug-likeness (QED) is 0.175. The Balaban J connectivity index is 1.13. The normalized spacial score (nSPS) is 11.6. The molecule has 2 heterocycles. The summed E-state index contributed by atoms with van der Waals surface area (Å²) < 4.78 is 4.82. The predicted octanol–water partition coefficient (Wildman–Crippen LogP) is 13.2. The van der Waals surface area contributed by atoms with Crippen LogP contribution >= 0.6 is 0 Å². The fraction of sp³-hybridized carbons (Fsp3) is 0.0204. The van der Waals surface area contributed by atoms with Gasteiger partial charge >= 0.3 is 0 Å². The molecule has 240 valence electrons. The Kier molecular flexibility index (Phi) is 6.75. The van der Waals surface area contributed by atoms with E-state index in [1.807, 2.05) is 0 Å². The Morgan fingerprint density at radius 3 is 1.49 bits per heavy atom. The summed E-state index contributed by atoms with van der Waals surface area (Å²) in [4.78, 5) is 0. The first-order chi connectivity index (χ1) is 25.2. The van der Waals surface area contributed by atoms with Gasteiger partial charge in [0.25, 0.3) is 0 Å². The average molecular weight is 651 g/mol. The molecule has 0 aliphatic carbocycles. The highest BCUT2D eigenvalue weighted by Crippen LogP contribution is 2.39. The zero-order chi connectivity index (χ0) is 33.9. The van der Waals surface area contributed by atoms with E-state index in [1.54, 1.807) is 0 Å². The molecule has 10 rings (SSSR count). The maximum atomic E-state index is 2.45. The van der Waals surface area contributed by atoms with Gasteiger partial charge in [-0.15, -0.1) is 0 Å². The summed E-state index contributed by atoms with van der Waals surface area (Å²) in [5.74, 6) is 0. The Morgan fingerprint density at radius 2 is 0.765 bits per heavy atom. The van der Waals surface area contributed by atoms with Crippen molar-refractivity contribution in [1.29, 1.82) is 0 Å². The summed E-state index contributed by atoms with van der Waals surface area (Å²) in [7, 11) is 0. The van der Waals surface area contributed by atoms with E-state index >= 15 is 0 Å². The van der Waals surface area contributed by atoms with Crippen LogP contribution in [0.1, 0.15) is 5.56 Å². The van der Waals surface area contributed by atoms with Gasteiger partial charge in [0.1, 0.15) is 0 Å². The van der Waals surface area contributed by atoms with Crippen molar-refractivity contribution in [2.75, 3.05) is 0 Å². The van der Waals surface area contributed by atoms with Crippen molar-refractivity contribution in [3.8, 4) is 44.8 Å². The van der Waals surface area contributed by atoms with Gasteiger partial charge in [0.2, 0.25) is 0 Å². The summed E-state index contributed by atoms with van der Waals surface area (Å²) in [5.41, 5.74) is 15.7. The molecular weight excluding hydrogens is 617 g/mol. The molecule has 51 heavy (non-hydrogen) atoms. The van der Waals surface area contributed by atoms with Crippen LogP contribution in [0.4, 0.5) is 0 Å². The summed E-state index contributed by atoms with van der Waals surface area (Å²) in [6.45, 7) is 2.20. The van der Waals surface area contributed by atoms with Crippen LogP contribution in [0, 0.1) is 6.92 Å². The minimum Gasteiger partial charge on any atom is -0.309 e. The van der Waals surface area contributed by atoms with Crippen molar-refractivity contribution in [3.63, 3.8) is 0 Å². The molecule has 0 fully saturated rings. The molecule has 2 aromatic heterocycles. The third-order valence-electron chi connectivity index (χ3n) is 10.3. The topological polar surface area (TPSA) is 9.86 Å². The predicted molar refractivity (Wildman–Crippen MR) is 216 cm³/mol. The number of para-hydroxylation sites is 3. The summed E-state index contributed by atoms with van der Waals surface area (Å²) in [6, 6.07) is 68.6. The molecule has 0 bridgehead atoms. The zero-order valence-electron chi connectivity index (χ0n) is 28.3. The lowest BCUT2D eigenvalue weighted by Gasteiger charge is -2.13. The van der Waals surface area contributed by atoms with Crippen molar-refractivity contribution >= 4 is 43.6 Å².